The SMILES string of the molecule is O=[N+]([O-])c1cnc2ccccc2c1OC(F)(F)F. The molecular formula is C10H5F3N2O3. The van der Waals surface area contributed by atoms with Crippen LogP contribution < -0.4 is 4.74 Å². The minimum Gasteiger partial charge on any atom is -0.398 e. The molecule has 1 aromatic carbocycles. The first-order chi connectivity index (χ1) is 8.38. The molecule has 18 heavy (non-hydrogen) atoms. The van der Waals surface area contributed by atoms with Crippen LogP contribution in [-0.2, 0) is 0 Å². The van der Waals surface area contributed by atoms with Gasteiger partial charge in [0.15, 0.2) is 0 Å². The summed E-state index contributed by atoms with van der Waals surface area (Å²) >= 11 is 0. The Morgan fingerprint density at radius 3 is 2.56 bits per heavy atom. The van der Waals surface area contributed by atoms with E-state index >= 15 is 0 Å². The molecule has 0 amide bonds. The average Bonchev–Trinajstić information content (AvgIpc) is 2.27. The van der Waals surface area contributed by atoms with Crippen LogP contribution in [0, 0.1) is 10.1 Å². The first kappa shape index (κ1) is 12.1. The van der Waals surface area contributed by atoms with E-state index in [1.165, 1.54) is 18.2 Å². The Labute approximate surface area is 98.0 Å². The fraction of sp³-hybridized carbons (Fsp3) is 0.100. The summed E-state index contributed by atoms with van der Waals surface area (Å²) in [6.07, 6.45) is -4.27. The van der Waals surface area contributed by atoms with Gasteiger partial charge in [-0.25, -0.2) is 4.98 Å². The van der Waals surface area contributed by atoms with E-state index in [0.29, 0.717) is 0 Å². The molecule has 2 rings (SSSR count). The molecule has 94 valence electrons. The maximum absolute atomic E-state index is 12.2. The Morgan fingerprint density at radius 1 is 1.28 bits per heavy atom. The van der Waals surface area contributed by atoms with Crippen molar-refractivity contribution in [3.63, 3.8) is 0 Å². The van der Waals surface area contributed by atoms with Gasteiger partial charge in [-0.1, -0.05) is 12.1 Å². The summed E-state index contributed by atoms with van der Waals surface area (Å²) in [5.41, 5.74) is -0.645. The third kappa shape index (κ3) is 2.31. The Balaban J connectivity index is 2.70. The zero-order valence-electron chi connectivity index (χ0n) is 8.64. The van der Waals surface area contributed by atoms with Crippen molar-refractivity contribution in [2.24, 2.45) is 0 Å². The number of benzene rings is 1. The van der Waals surface area contributed by atoms with Gasteiger partial charge < -0.3 is 4.74 Å². The van der Waals surface area contributed by atoms with Crippen LogP contribution in [0.2, 0.25) is 0 Å². The molecule has 0 spiro atoms. The summed E-state index contributed by atoms with van der Waals surface area (Å²) in [6.45, 7) is 0. The number of hydrogen-bond acceptors (Lipinski definition) is 4. The highest BCUT2D eigenvalue weighted by Crippen LogP contribution is 2.37. The molecule has 0 unspecified atom stereocenters. The van der Waals surface area contributed by atoms with Gasteiger partial charge in [-0.15, -0.1) is 13.2 Å². The Hall–Kier alpha value is -2.38. The van der Waals surface area contributed by atoms with Gasteiger partial charge in [0.25, 0.3) is 0 Å². The van der Waals surface area contributed by atoms with Crippen LogP contribution >= 0.6 is 0 Å². The lowest BCUT2D eigenvalue weighted by Gasteiger charge is -2.10. The minimum absolute atomic E-state index is 0.0657. The van der Waals surface area contributed by atoms with Crippen molar-refractivity contribution in [3.05, 3.63) is 40.6 Å². The van der Waals surface area contributed by atoms with Gasteiger partial charge in [0.05, 0.1) is 10.4 Å². The van der Waals surface area contributed by atoms with Gasteiger partial charge >= 0.3 is 12.0 Å². The molecular weight excluding hydrogens is 253 g/mol. The highest BCUT2D eigenvalue weighted by Gasteiger charge is 2.35. The van der Waals surface area contributed by atoms with Crippen molar-refractivity contribution in [1.29, 1.82) is 0 Å². The highest BCUT2D eigenvalue weighted by molar-refractivity contribution is 5.88. The number of pyridine rings is 1. The fourth-order valence-corrected chi connectivity index (χ4v) is 1.46. The number of nitrogens with zero attached hydrogens (tertiary/aromatic N) is 2. The van der Waals surface area contributed by atoms with Crippen molar-refractivity contribution in [2.45, 2.75) is 6.36 Å². The number of ether oxygens (including phenoxy) is 1. The van der Waals surface area contributed by atoms with Crippen LogP contribution in [0.5, 0.6) is 5.75 Å². The third-order valence-electron chi connectivity index (χ3n) is 2.12. The lowest BCUT2D eigenvalue weighted by atomic mass is 10.2. The van der Waals surface area contributed by atoms with Crippen LogP contribution in [0.4, 0.5) is 18.9 Å². The topological polar surface area (TPSA) is 65.3 Å². The molecule has 0 radical (unpaired) electrons. The van der Waals surface area contributed by atoms with Gasteiger partial charge in [-0.2, -0.15) is 0 Å². The van der Waals surface area contributed by atoms with E-state index in [4.69, 9.17) is 0 Å². The second kappa shape index (κ2) is 4.13. The standard InChI is InChI=1S/C10H5F3N2O3/c11-10(12,13)18-9-6-3-1-2-4-7(6)14-5-8(9)15(16)17/h1-5H. The van der Waals surface area contributed by atoms with Crippen molar-refractivity contribution in [2.75, 3.05) is 0 Å². The monoisotopic (exact) mass is 258 g/mol. The van der Waals surface area contributed by atoms with Gasteiger partial charge in [-0.05, 0) is 12.1 Å². The number of alkyl halides is 3. The van der Waals surface area contributed by atoms with Gasteiger partial charge in [0.2, 0.25) is 5.75 Å². The normalized spacial score (nSPS) is 11.5. The maximum atomic E-state index is 12.2. The highest BCUT2D eigenvalue weighted by atomic mass is 19.4. The van der Waals surface area contributed by atoms with Gasteiger partial charge in [-0.3, -0.25) is 10.1 Å². The molecule has 1 aromatic heterocycles. The quantitative estimate of drug-likeness (QED) is 0.613. The number of halogens is 3. The molecule has 0 saturated carbocycles. The van der Waals surface area contributed by atoms with Crippen LogP contribution in [0.3, 0.4) is 0 Å². The number of rotatable bonds is 2. The smallest absolute Gasteiger partial charge is 0.398 e. The molecule has 1 heterocycles. The lowest BCUT2D eigenvalue weighted by molar-refractivity contribution is -0.388. The predicted molar refractivity (Wildman–Crippen MR) is 55.1 cm³/mol. The second-order valence-corrected chi connectivity index (χ2v) is 3.29. The Bertz CT molecular complexity index is 613. The number of hydrogen-bond donors (Lipinski definition) is 0. The number of para-hydroxylation sites is 1. The molecule has 2 aromatic rings. The number of aromatic nitrogens is 1. The van der Waals surface area contributed by atoms with Crippen LogP contribution in [0.1, 0.15) is 0 Å². The molecule has 0 aliphatic carbocycles. The molecule has 5 nitrogen and oxygen atoms in total. The average molecular weight is 258 g/mol. The third-order valence-corrected chi connectivity index (χ3v) is 2.12. The van der Waals surface area contributed by atoms with E-state index in [9.17, 15) is 23.3 Å². The molecule has 0 N–H and O–H groups in total. The molecule has 0 fully saturated rings. The maximum Gasteiger partial charge on any atom is 0.573 e. The van der Waals surface area contributed by atoms with Gasteiger partial charge in [0, 0.05) is 5.39 Å². The largest absolute Gasteiger partial charge is 0.573 e. The zero-order chi connectivity index (χ0) is 13.3. The molecule has 0 atom stereocenters. The molecule has 8 heteroatoms. The fourth-order valence-electron chi connectivity index (χ4n) is 1.46. The summed E-state index contributed by atoms with van der Waals surface area (Å²) in [7, 11) is 0. The minimum atomic E-state index is -5.01. The van der Waals surface area contributed by atoms with Crippen molar-refractivity contribution in [1.82, 2.24) is 4.98 Å². The first-order valence-corrected chi connectivity index (χ1v) is 4.66. The summed E-state index contributed by atoms with van der Waals surface area (Å²) in [4.78, 5) is 13.4. The summed E-state index contributed by atoms with van der Waals surface area (Å²) < 4.78 is 40.5. The zero-order valence-corrected chi connectivity index (χ0v) is 8.64. The first-order valence-electron chi connectivity index (χ1n) is 4.66. The van der Waals surface area contributed by atoms with Crippen LogP contribution in [0.15, 0.2) is 30.5 Å². The Morgan fingerprint density at radius 2 is 1.94 bits per heavy atom. The van der Waals surface area contributed by atoms with Crippen molar-refractivity contribution < 1.29 is 22.8 Å². The van der Waals surface area contributed by atoms with E-state index in [1.807, 2.05) is 0 Å². The molecule has 0 aliphatic heterocycles. The number of fused-ring (bicyclic) bond motifs is 1. The Kier molecular flexibility index (Phi) is 2.77. The number of nitro groups is 1. The summed E-state index contributed by atoms with van der Waals surface area (Å²) in [5.74, 6) is -0.849. The predicted octanol–water partition coefficient (Wildman–Crippen LogP) is 3.04. The van der Waals surface area contributed by atoms with Crippen LogP contribution in [0.25, 0.3) is 10.9 Å². The van der Waals surface area contributed by atoms with E-state index in [1.54, 1.807) is 6.07 Å². The molecule has 0 aliphatic rings. The van der Waals surface area contributed by atoms with E-state index in [2.05, 4.69) is 9.72 Å². The van der Waals surface area contributed by atoms with Crippen molar-refractivity contribution in [3.8, 4) is 5.75 Å². The summed E-state index contributed by atoms with van der Waals surface area (Å²) in [6, 6.07) is 5.70. The second-order valence-electron chi connectivity index (χ2n) is 3.29. The van der Waals surface area contributed by atoms with E-state index in [-0.39, 0.29) is 10.9 Å². The molecule has 0 bridgehead atoms. The van der Waals surface area contributed by atoms with Gasteiger partial charge in [0.1, 0.15) is 6.20 Å². The molecule has 0 saturated heterocycles. The lowest BCUT2D eigenvalue weighted by Crippen LogP contribution is -2.18. The van der Waals surface area contributed by atoms with E-state index in [0.717, 1.165) is 6.20 Å². The van der Waals surface area contributed by atoms with E-state index < -0.39 is 22.7 Å². The summed E-state index contributed by atoms with van der Waals surface area (Å²) in [5, 5.41) is 10.6. The van der Waals surface area contributed by atoms with Crippen molar-refractivity contribution >= 4 is 16.6 Å². The van der Waals surface area contributed by atoms with Crippen LogP contribution in [-0.4, -0.2) is 16.3 Å².